The minimum Gasteiger partial charge on any atom is -0.381 e. The molecule has 1 aromatic heterocycles. The predicted octanol–water partition coefficient (Wildman–Crippen LogP) is 2.53. The van der Waals surface area contributed by atoms with Crippen molar-refractivity contribution in [2.24, 2.45) is 0 Å². The van der Waals surface area contributed by atoms with E-state index < -0.39 is 0 Å². The highest BCUT2D eigenvalue weighted by molar-refractivity contribution is 7.12. The Morgan fingerprint density at radius 3 is 3.00 bits per heavy atom. The fourth-order valence-corrected chi connectivity index (χ4v) is 1.96. The summed E-state index contributed by atoms with van der Waals surface area (Å²) in [5.41, 5.74) is 1.01. The third-order valence-electron chi connectivity index (χ3n) is 2.27. The van der Waals surface area contributed by atoms with Crippen molar-refractivity contribution in [3.63, 3.8) is 0 Å². The normalized spacial score (nSPS) is 17.0. The quantitative estimate of drug-likeness (QED) is 0.726. The van der Waals surface area contributed by atoms with Crippen molar-refractivity contribution >= 4 is 23.3 Å². The Balaban J connectivity index is 2.05. The molecule has 0 amide bonds. The summed E-state index contributed by atoms with van der Waals surface area (Å²) in [6.45, 7) is 0. The van der Waals surface area contributed by atoms with Gasteiger partial charge in [0.05, 0.1) is 10.6 Å². The number of carbonyl (C=O) groups excluding carboxylic acids is 1. The molecule has 0 bridgehead atoms. The molecule has 0 spiro atoms. The van der Waals surface area contributed by atoms with Crippen molar-refractivity contribution < 1.29 is 4.79 Å². The summed E-state index contributed by atoms with van der Waals surface area (Å²) >= 11 is 1.50. The van der Waals surface area contributed by atoms with E-state index in [4.69, 9.17) is 0 Å². The van der Waals surface area contributed by atoms with Crippen molar-refractivity contribution in [2.75, 3.05) is 5.32 Å². The van der Waals surface area contributed by atoms with Gasteiger partial charge in [-0.05, 0) is 30.7 Å². The van der Waals surface area contributed by atoms with Crippen LogP contribution in [0.3, 0.4) is 0 Å². The lowest BCUT2D eigenvalue weighted by molar-refractivity contribution is 0.112. The van der Waals surface area contributed by atoms with E-state index >= 15 is 0 Å². The lowest BCUT2D eigenvalue weighted by Crippen LogP contribution is -2.27. The molecule has 0 radical (unpaired) electrons. The first-order valence-corrected chi connectivity index (χ1v) is 5.07. The summed E-state index contributed by atoms with van der Waals surface area (Å²) in [5.74, 6) is 0. The summed E-state index contributed by atoms with van der Waals surface area (Å²) < 4.78 is 0. The Kier molecular flexibility index (Phi) is 2.13. The Labute approximate surface area is 75.6 Å². The zero-order valence-electron chi connectivity index (χ0n) is 6.75. The smallest absolute Gasteiger partial charge is 0.162 e. The number of hydrogen-bond acceptors (Lipinski definition) is 3. The van der Waals surface area contributed by atoms with E-state index in [2.05, 4.69) is 5.32 Å². The highest BCUT2D eigenvalue weighted by atomic mass is 32.1. The third kappa shape index (κ3) is 1.37. The van der Waals surface area contributed by atoms with Gasteiger partial charge < -0.3 is 5.32 Å². The summed E-state index contributed by atoms with van der Waals surface area (Å²) in [4.78, 5) is 11.4. The highest BCUT2D eigenvalue weighted by Crippen LogP contribution is 2.27. The molecule has 1 aromatic rings. The van der Waals surface area contributed by atoms with Crippen LogP contribution < -0.4 is 5.32 Å². The molecule has 1 heterocycles. The molecule has 1 aliphatic rings. The molecule has 2 rings (SSSR count). The van der Waals surface area contributed by atoms with Crippen LogP contribution in [-0.4, -0.2) is 12.3 Å². The molecule has 12 heavy (non-hydrogen) atoms. The summed E-state index contributed by atoms with van der Waals surface area (Å²) in [6.07, 6.45) is 4.73. The van der Waals surface area contributed by atoms with Gasteiger partial charge >= 0.3 is 0 Å². The number of aldehydes is 1. The van der Waals surface area contributed by atoms with Gasteiger partial charge in [0.1, 0.15) is 0 Å². The average Bonchev–Trinajstić information content (AvgIpc) is 2.43. The van der Waals surface area contributed by atoms with Gasteiger partial charge in [-0.3, -0.25) is 4.79 Å². The van der Waals surface area contributed by atoms with Crippen LogP contribution in [0.4, 0.5) is 5.69 Å². The van der Waals surface area contributed by atoms with Crippen molar-refractivity contribution in [3.05, 3.63) is 16.3 Å². The molecule has 3 heteroatoms. The largest absolute Gasteiger partial charge is 0.381 e. The minimum absolute atomic E-state index is 0.610. The summed E-state index contributed by atoms with van der Waals surface area (Å²) in [6, 6.07) is 2.59. The SMILES string of the molecule is O=Cc1sccc1NC1CCC1. The van der Waals surface area contributed by atoms with Crippen molar-refractivity contribution in [1.82, 2.24) is 0 Å². The Morgan fingerprint density at radius 2 is 2.42 bits per heavy atom. The summed E-state index contributed by atoms with van der Waals surface area (Å²) in [5, 5.41) is 5.31. The number of hydrogen-bond donors (Lipinski definition) is 1. The summed E-state index contributed by atoms with van der Waals surface area (Å²) in [7, 11) is 0. The van der Waals surface area contributed by atoms with Crippen LogP contribution in [0, 0.1) is 0 Å². The van der Waals surface area contributed by atoms with Gasteiger partial charge in [-0.2, -0.15) is 0 Å². The van der Waals surface area contributed by atoms with Crippen LogP contribution >= 0.6 is 11.3 Å². The first-order chi connectivity index (χ1) is 5.90. The molecule has 2 nitrogen and oxygen atoms in total. The van der Waals surface area contributed by atoms with Crippen LogP contribution in [0.25, 0.3) is 0 Å². The fraction of sp³-hybridized carbons (Fsp3) is 0.444. The first kappa shape index (κ1) is 7.80. The number of rotatable bonds is 3. The average molecular weight is 181 g/mol. The molecule has 1 aliphatic carbocycles. The Bertz CT molecular complexity index is 278. The van der Waals surface area contributed by atoms with Gasteiger partial charge in [-0.15, -0.1) is 11.3 Å². The molecule has 0 aliphatic heterocycles. The monoisotopic (exact) mass is 181 g/mol. The highest BCUT2D eigenvalue weighted by Gasteiger charge is 2.18. The van der Waals surface area contributed by atoms with Gasteiger partial charge in [-0.1, -0.05) is 0 Å². The molecule has 64 valence electrons. The Morgan fingerprint density at radius 1 is 1.58 bits per heavy atom. The minimum atomic E-state index is 0.610. The van der Waals surface area contributed by atoms with Crippen LogP contribution in [-0.2, 0) is 0 Å². The number of anilines is 1. The predicted molar refractivity (Wildman–Crippen MR) is 51.0 cm³/mol. The zero-order valence-corrected chi connectivity index (χ0v) is 7.56. The standard InChI is InChI=1S/C9H11NOS/c11-6-9-8(4-5-12-9)10-7-2-1-3-7/h4-7,10H,1-3H2. The van der Waals surface area contributed by atoms with E-state index in [0.717, 1.165) is 16.9 Å². The van der Waals surface area contributed by atoms with E-state index in [1.165, 1.54) is 30.6 Å². The van der Waals surface area contributed by atoms with E-state index in [1.54, 1.807) is 0 Å². The second kappa shape index (κ2) is 3.27. The second-order valence-electron chi connectivity index (χ2n) is 3.09. The maximum absolute atomic E-state index is 10.5. The number of thiophene rings is 1. The molecule has 0 saturated heterocycles. The third-order valence-corrected chi connectivity index (χ3v) is 3.11. The van der Waals surface area contributed by atoms with Crippen molar-refractivity contribution in [1.29, 1.82) is 0 Å². The van der Waals surface area contributed by atoms with E-state index in [0.29, 0.717) is 6.04 Å². The molecule has 0 atom stereocenters. The van der Waals surface area contributed by atoms with Gasteiger partial charge in [0.25, 0.3) is 0 Å². The first-order valence-electron chi connectivity index (χ1n) is 4.19. The molecular weight excluding hydrogens is 170 g/mol. The molecule has 0 unspecified atom stereocenters. The van der Waals surface area contributed by atoms with Gasteiger partial charge in [0.15, 0.2) is 6.29 Å². The molecule has 1 fully saturated rings. The van der Waals surface area contributed by atoms with Crippen molar-refractivity contribution in [2.45, 2.75) is 25.3 Å². The van der Waals surface area contributed by atoms with Gasteiger partial charge in [0, 0.05) is 6.04 Å². The lowest BCUT2D eigenvalue weighted by Gasteiger charge is -2.27. The molecule has 0 aromatic carbocycles. The van der Waals surface area contributed by atoms with E-state index in [9.17, 15) is 4.79 Å². The van der Waals surface area contributed by atoms with Crippen LogP contribution in [0.15, 0.2) is 11.4 Å². The maximum Gasteiger partial charge on any atom is 0.162 e. The van der Waals surface area contributed by atoms with Crippen molar-refractivity contribution in [3.8, 4) is 0 Å². The maximum atomic E-state index is 10.5. The van der Waals surface area contributed by atoms with Gasteiger partial charge in [-0.25, -0.2) is 0 Å². The van der Waals surface area contributed by atoms with Gasteiger partial charge in [0.2, 0.25) is 0 Å². The van der Waals surface area contributed by atoms with Crippen LogP contribution in [0.5, 0.6) is 0 Å². The fourth-order valence-electron chi connectivity index (χ4n) is 1.30. The molecule has 1 N–H and O–H groups in total. The van der Waals surface area contributed by atoms with Crippen LogP contribution in [0.2, 0.25) is 0 Å². The van der Waals surface area contributed by atoms with Crippen LogP contribution in [0.1, 0.15) is 28.9 Å². The number of carbonyl (C=O) groups is 1. The molecule has 1 saturated carbocycles. The second-order valence-corrected chi connectivity index (χ2v) is 4.04. The van der Waals surface area contributed by atoms with E-state index in [1.807, 2.05) is 11.4 Å². The zero-order chi connectivity index (χ0) is 8.39. The topological polar surface area (TPSA) is 29.1 Å². The number of nitrogens with one attached hydrogen (secondary N) is 1. The molecular formula is C9H11NOS. The Hall–Kier alpha value is -0.830. The van der Waals surface area contributed by atoms with E-state index in [-0.39, 0.29) is 0 Å². The lowest BCUT2D eigenvalue weighted by atomic mass is 9.93.